The first-order valence-electron chi connectivity index (χ1n) is 6.08. The van der Waals surface area contributed by atoms with Crippen molar-refractivity contribution in [1.29, 1.82) is 0 Å². The maximum Gasteiger partial charge on any atom is 0.323 e. The van der Waals surface area contributed by atoms with Crippen LogP contribution in [0.25, 0.3) is 0 Å². The average molecular weight is 242 g/mol. The van der Waals surface area contributed by atoms with Gasteiger partial charge in [-0.05, 0) is 33.7 Å². The molecule has 2 N–H and O–H groups in total. The summed E-state index contributed by atoms with van der Waals surface area (Å²) >= 11 is 0. The Bertz CT molecular complexity index is 296. The van der Waals surface area contributed by atoms with Crippen molar-refractivity contribution in [2.45, 2.75) is 51.1 Å². The Morgan fingerprint density at radius 1 is 1.35 bits per heavy atom. The molecule has 98 valence electrons. The first kappa shape index (κ1) is 14.0. The molecule has 1 amide bonds. The summed E-state index contributed by atoms with van der Waals surface area (Å²) in [4.78, 5) is 24.3. The molecule has 1 fully saturated rings. The summed E-state index contributed by atoms with van der Waals surface area (Å²) in [5.74, 6) is -1.01. The minimum atomic E-state index is -1.02. The molecule has 1 rings (SSSR count). The molecule has 1 aliphatic carbocycles. The van der Waals surface area contributed by atoms with Gasteiger partial charge in [0.2, 0.25) is 5.91 Å². The van der Waals surface area contributed by atoms with E-state index in [2.05, 4.69) is 5.32 Å². The zero-order chi connectivity index (χ0) is 13.1. The number of carboxylic acid groups (broad SMARTS) is 1. The number of carboxylic acids is 1. The zero-order valence-corrected chi connectivity index (χ0v) is 10.8. The van der Waals surface area contributed by atoms with Crippen LogP contribution in [0.3, 0.4) is 0 Å². The van der Waals surface area contributed by atoms with E-state index >= 15 is 0 Å². The van der Waals surface area contributed by atoms with E-state index in [1.807, 2.05) is 0 Å². The molecule has 0 unspecified atom stereocenters. The van der Waals surface area contributed by atoms with Crippen LogP contribution >= 0.6 is 0 Å². The number of carbonyl (C=O) groups is 2. The van der Waals surface area contributed by atoms with E-state index in [4.69, 9.17) is 5.11 Å². The van der Waals surface area contributed by atoms with E-state index in [1.165, 1.54) is 12.8 Å². The Balaban J connectivity index is 2.42. The lowest BCUT2D eigenvalue weighted by Gasteiger charge is -2.31. The molecule has 5 heteroatoms. The molecule has 0 aliphatic heterocycles. The zero-order valence-electron chi connectivity index (χ0n) is 10.8. The van der Waals surface area contributed by atoms with E-state index in [9.17, 15) is 9.59 Å². The van der Waals surface area contributed by atoms with Gasteiger partial charge in [0.25, 0.3) is 0 Å². The Labute approximate surface area is 102 Å². The molecule has 1 aliphatic rings. The molecule has 0 saturated heterocycles. The van der Waals surface area contributed by atoms with Crippen LogP contribution in [0.15, 0.2) is 0 Å². The molecular weight excluding hydrogens is 220 g/mol. The number of rotatable bonds is 5. The largest absolute Gasteiger partial charge is 0.480 e. The number of aliphatic carboxylic acids is 1. The summed E-state index contributed by atoms with van der Waals surface area (Å²) < 4.78 is 0. The van der Waals surface area contributed by atoms with Crippen LogP contribution in [0.1, 0.15) is 39.5 Å². The van der Waals surface area contributed by atoms with Crippen molar-refractivity contribution in [3.05, 3.63) is 0 Å². The summed E-state index contributed by atoms with van der Waals surface area (Å²) in [5, 5.41) is 12.0. The fourth-order valence-corrected chi connectivity index (χ4v) is 1.92. The number of hydrogen-bond acceptors (Lipinski definition) is 3. The predicted octanol–water partition coefficient (Wildman–Crippen LogP) is 0.840. The third-order valence-electron chi connectivity index (χ3n) is 3.58. The molecule has 5 nitrogen and oxygen atoms in total. The number of amides is 1. The fourth-order valence-electron chi connectivity index (χ4n) is 1.92. The van der Waals surface area contributed by atoms with Gasteiger partial charge < -0.3 is 10.4 Å². The van der Waals surface area contributed by atoms with Crippen molar-refractivity contribution in [3.8, 4) is 0 Å². The Morgan fingerprint density at radius 3 is 2.35 bits per heavy atom. The minimum absolute atomic E-state index is 0.0891. The molecule has 0 atom stereocenters. The molecule has 0 heterocycles. The Morgan fingerprint density at radius 2 is 1.88 bits per heavy atom. The van der Waals surface area contributed by atoms with E-state index in [-0.39, 0.29) is 18.5 Å². The predicted molar refractivity (Wildman–Crippen MR) is 64.7 cm³/mol. The van der Waals surface area contributed by atoms with Gasteiger partial charge in [0.15, 0.2) is 0 Å². The summed E-state index contributed by atoms with van der Waals surface area (Å²) in [6.45, 7) is 3.31. The quantitative estimate of drug-likeness (QED) is 0.749. The molecule has 17 heavy (non-hydrogen) atoms. The Hall–Kier alpha value is -1.10. The second-order valence-electron chi connectivity index (χ2n) is 5.27. The van der Waals surface area contributed by atoms with Crippen LogP contribution in [-0.4, -0.2) is 47.1 Å². The number of nitrogens with zero attached hydrogens (tertiary/aromatic N) is 1. The Kier molecular flexibility index (Phi) is 4.51. The topological polar surface area (TPSA) is 69.6 Å². The average Bonchev–Trinajstić information content (AvgIpc) is 2.69. The van der Waals surface area contributed by atoms with E-state index in [0.29, 0.717) is 0 Å². The molecule has 0 radical (unpaired) electrons. The van der Waals surface area contributed by atoms with Gasteiger partial charge in [0.1, 0.15) is 5.54 Å². The standard InChI is InChI=1S/C12H22N2O3/c1-12(2,11(16)17)14(3)8-10(15)13-9-6-4-5-7-9/h9H,4-8H2,1-3H3,(H,13,15)(H,16,17). The smallest absolute Gasteiger partial charge is 0.323 e. The molecule has 1 saturated carbocycles. The molecule has 0 aromatic carbocycles. The van der Waals surface area contributed by atoms with Crippen molar-refractivity contribution in [1.82, 2.24) is 10.2 Å². The first-order valence-corrected chi connectivity index (χ1v) is 6.08. The molecule has 0 bridgehead atoms. The lowest BCUT2D eigenvalue weighted by atomic mass is 10.0. The van der Waals surface area contributed by atoms with Gasteiger partial charge in [-0.1, -0.05) is 12.8 Å². The van der Waals surface area contributed by atoms with Gasteiger partial charge >= 0.3 is 5.97 Å². The van der Waals surface area contributed by atoms with Gasteiger partial charge in [-0.3, -0.25) is 14.5 Å². The third-order valence-corrected chi connectivity index (χ3v) is 3.58. The van der Waals surface area contributed by atoms with E-state index in [1.54, 1.807) is 25.8 Å². The second-order valence-corrected chi connectivity index (χ2v) is 5.27. The van der Waals surface area contributed by atoms with Crippen molar-refractivity contribution >= 4 is 11.9 Å². The van der Waals surface area contributed by atoms with Gasteiger partial charge in [-0.2, -0.15) is 0 Å². The first-order chi connectivity index (χ1) is 7.84. The minimum Gasteiger partial charge on any atom is -0.480 e. The lowest BCUT2D eigenvalue weighted by Crippen LogP contribution is -2.52. The van der Waals surface area contributed by atoms with Crippen LogP contribution in [0.4, 0.5) is 0 Å². The molecule has 0 aromatic heterocycles. The van der Waals surface area contributed by atoms with Crippen LogP contribution in [-0.2, 0) is 9.59 Å². The highest BCUT2D eigenvalue weighted by Gasteiger charge is 2.33. The van der Waals surface area contributed by atoms with Crippen molar-refractivity contribution in [2.75, 3.05) is 13.6 Å². The van der Waals surface area contributed by atoms with E-state index < -0.39 is 11.5 Å². The van der Waals surface area contributed by atoms with Gasteiger partial charge in [-0.15, -0.1) is 0 Å². The van der Waals surface area contributed by atoms with Crippen LogP contribution in [0.2, 0.25) is 0 Å². The summed E-state index contributed by atoms with van der Waals surface area (Å²) in [5.41, 5.74) is -1.02. The normalized spacial score (nSPS) is 17.4. The van der Waals surface area contributed by atoms with Crippen molar-refractivity contribution in [3.63, 3.8) is 0 Å². The van der Waals surface area contributed by atoms with Crippen molar-refractivity contribution < 1.29 is 14.7 Å². The SMILES string of the molecule is CN(CC(=O)NC1CCCC1)C(C)(C)C(=O)O. The monoisotopic (exact) mass is 242 g/mol. The molecular formula is C12H22N2O3. The fraction of sp³-hybridized carbons (Fsp3) is 0.833. The molecule has 0 spiro atoms. The number of carbonyl (C=O) groups excluding carboxylic acids is 1. The maximum absolute atomic E-state index is 11.7. The highest BCUT2D eigenvalue weighted by atomic mass is 16.4. The highest BCUT2D eigenvalue weighted by molar-refractivity contribution is 5.81. The van der Waals surface area contributed by atoms with Crippen molar-refractivity contribution in [2.24, 2.45) is 0 Å². The number of likely N-dealkylation sites (N-methyl/N-ethyl adjacent to an activating group) is 1. The highest BCUT2D eigenvalue weighted by Crippen LogP contribution is 2.18. The second kappa shape index (κ2) is 5.49. The lowest BCUT2D eigenvalue weighted by molar-refractivity contribution is -0.149. The van der Waals surface area contributed by atoms with Crippen LogP contribution in [0.5, 0.6) is 0 Å². The summed E-state index contributed by atoms with van der Waals surface area (Å²) in [6.07, 6.45) is 4.42. The maximum atomic E-state index is 11.7. The number of nitrogens with one attached hydrogen (secondary N) is 1. The summed E-state index contributed by atoms with van der Waals surface area (Å²) in [7, 11) is 1.66. The van der Waals surface area contributed by atoms with Gasteiger partial charge in [-0.25, -0.2) is 0 Å². The van der Waals surface area contributed by atoms with Gasteiger partial charge in [0.05, 0.1) is 6.54 Å². The molecule has 0 aromatic rings. The van der Waals surface area contributed by atoms with Gasteiger partial charge in [0, 0.05) is 6.04 Å². The summed E-state index contributed by atoms with van der Waals surface area (Å²) in [6, 6.07) is 0.281. The van der Waals surface area contributed by atoms with Crippen LogP contribution < -0.4 is 5.32 Å². The van der Waals surface area contributed by atoms with Crippen LogP contribution in [0, 0.1) is 0 Å². The third kappa shape index (κ3) is 3.70. The van der Waals surface area contributed by atoms with E-state index in [0.717, 1.165) is 12.8 Å². The number of hydrogen-bond donors (Lipinski definition) is 2.